The third-order valence-corrected chi connectivity index (χ3v) is 2.16. The minimum Gasteiger partial charge on any atom is -0.461 e. The molecular formula is C12H21NO4. The second-order valence-corrected chi connectivity index (χ2v) is 3.73. The van der Waals surface area contributed by atoms with E-state index in [1.165, 1.54) is 0 Å². The van der Waals surface area contributed by atoms with Gasteiger partial charge in [0.2, 0.25) is 0 Å². The van der Waals surface area contributed by atoms with E-state index in [2.05, 4.69) is 11.7 Å². The van der Waals surface area contributed by atoms with E-state index in [0.717, 1.165) is 6.42 Å². The van der Waals surface area contributed by atoms with Crippen molar-refractivity contribution in [2.24, 2.45) is 11.1 Å². The number of ether oxygens (including phenoxy) is 2. The summed E-state index contributed by atoms with van der Waals surface area (Å²) < 4.78 is 10.0. The summed E-state index contributed by atoms with van der Waals surface area (Å²) in [6, 6.07) is 0. The smallest absolute Gasteiger partial charge is 0.356 e. The molecule has 0 aliphatic carbocycles. The van der Waals surface area contributed by atoms with Crippen molar-refractivity contribution in [3.8, 4) is 0 Å². The van der Waals surface area contributed by atoms with Gasteiger partial charge in [-0.3, -0.25) is 0 Å². The Hall–Kier alpha value is -1.36. The predicted octanol–water partition coefficient (Wildman–Crippen LogP) is 2.00. The topological polar surface area (TPSA) is 68.1 Å². The SMILES string of the molecule is C=CCOCC[C@@H](C)CC(=NO)C(=O)OCC. The molecule has 0 aliphatic rings. The van der Waals surface area contributed by atoms with Crippen LogP contribution in [0.25, 0.3) is 0 Å². The van der Waals surface area contributed by atoms with Crippen molar-refractivity contribution >= 4 is 11.7 Å². The maximum atomic E-state index is 11.3. The van der Waals surface area contributed by atoms with Crippen molar-refractivity contribution in [2.45, 2.75) is 26.7 Å². The first-order valence-corrected chi connectivity index (χ1v) is 5.72. The van der Waals surface area contributed by atoms with Crippen LogP contribution in [0.2, 0.25) is 0 Å². The third kappa shape index (κ3) is 7.52. The maximum Gasteiger partial charge on any atom is 0.356 e. The molecule has 0 fully saturated rings. The Morgan fingerprint density at radius 3 is 2.82 bits per heavy atom. The Bertz CT molecular complexity index is 263. The quantitative estimate of drug-likeness (QED) is 0.168. The van der Waals surface area contributed by atoms with Gasteiger partial charge in [-0.1, -0.05) is 18.2 Å². The van der Waals surface area contributed by atoms with Crippen LogP contribution in [-0.2, 0) is 14.3 Å². The second kappa shape index (κ2) is 9.84. The Kier molecular flexibility index (Phi) is 9.05. The van der Waals surface area contributed by atoms with Crippen LogP contribution in [-0.4, -0.2) is 36.7 Å². The number of carbonyl (C=O) groups excluding carboxylic acids is 1. The number of esters is 1. The molecule has 1 atom stereocenters. The maximum absolute atomic E-state index is 11.3. The van der Waals surface area contributed by atoms with E-state index < -0.39 is 5.97 Å². The van der Waals surface area contributed by atoms with Gasteiger partial charge >= 0.3 is 5.97 Å². The molecule has 0 saturated heterocycles. The van der Waals surface area contributed by atoms with E-state index in [1.807, 2.05) is 6.92 Å². The Morgan fingerprint density at radius 2 is 2.29 bits per heavy atom. The lowest BCUT2D eigenvalue weighted by atomic mass is 10.0. The highest BCUT2D eigenvalue weighted by atomic mass is 16.5. The molecule has 0 bridgehead atoms. The van der Waals surface area contributed by atoms with Crippen LogP contribution in [0.1, 0.15) is 26.7 Å². The van der Waals surface area contributed by atoms with Gasteiger partial charge in [0.25, 0.3) is 0 Å². The summed E-state index contributed by atoms with van der Waals surface area (Å²) in [5.74, 6) is -0.371. The number of rotatable bonds is 9. The molecule has 0 saturated carbocycles. The molecular weight excluding hydrogens is 222 g/mol. The Balaban J connectivity index is 3.94. The lowest BCUT2D eigenvalue weighted by Crippen LogP contribution is -2.20. The fraction of sp³-hybridized carbons (Fsp3) is 0.667. The highest BCUT2D eigenvalue weighted by Gasteiger charge is 2.16. The molecule has 17 heavy (non-hydrogen) atoms. The molecule has 1 N–H and O–H groups in total. The standard InChI is InChI=1S/C12H21NO4/c1-4-7-16-8-6-10(3)9-11(13-15)12(14)17-5-2/h4,10,15H,1,5-9H2,2-3H3/t10-/m1/s1. The van der Waals surface area contributed by atoms with Crippen molar-refractivity contribution in [1.29, 1.82) is 0 Å². The number of nitrogens with zero attached hydrogens (tertiary/aromatic N) is 1. The first-order valence-electron chi connectivity index (χ1n) is 5.72. The van der Waals surface area contributed by atoms with E-state index in [4.69, 9.17) is 14.7 Å². The first kappa shape index (κ1) is 15.6. The zero-order chi connectivity index (χ0) is 13.1. The van der Waals surface area contributed by atoms with E-state index in [-0.39, 0.29) is 18.2 Å². The highest BCUT2D eigenvalue weighted by molar-refractivity contribution is 6.36. The molecule has 0 radical (unpaired) electrons. The molecule has 0 unspecified atom stereocenters. The summed E-state index contributed by atoms with van der Waals surface area (Å²) >= 11 is 0. The van der Waals surface area contributed by atoms with Crippen LogP contribution in [0.15, 0.2) is 17.8 Å². The van der Waals surface area contributed by atoms with Gasteiger partial charge in [-0.2, -0.15) is 0 Å². The fourth-order valence-electron chi connectivity index (χ4n) is 1.26. The number of hydrogen-bond donors (Lipinski definition) is 1. The summed E-state index contributed by atoms with van der Waals surface area (Å²) in [6.45, 7) is 8.60. The van der Waals surface area contributed by atoms with Crippen molar-refractivity contribution < 1.29 is 19.5 Å². The molecule has 0 rings (SSSR count). The van der Waals surface area contributed by atoms with Gasteiger partial charge in [0, 0.05) is 13.0 Å². The monoisotopic (exact) mass is 243 g/mol. The molecule has 0 aliphatic heterocycles. The van der Waals surface area contributed by atoms with Crippen LogP contribution in [0.4, 0.5) is 0 Å². The average molecular weight is 243 g/mol. The molecule has 0 aromatic heterocycles. The number of oxime groups is 1. The second-order valence-electron chi connectivity index (χ2n) is 3.73. The van der Waals surface area contributed by atoms with E-state index >= 15 is 0 Å². The third-order valence-electron chi connectivity index (χ3n) is 2.16. The summed E-state index contributed by atoms with van der Waals surface area (Å²) in [6.07, 6.45) is 2.85. The van der Waals surface area contributed by atoms with Crippen molar-refractivity contribution in [3.63, 3.8) is 0 Å². The number of hydrogen-bond acceptors (Lipinski definition) is 5. The van der Waals surface area contributed by atoms with Crippen molar-refractivity contribution in [3.05, 3.63) is 12.7 Å². The molecule has 5 heteroatoms. The summed E-state index contributed by atoms with van der Waals surface area (Å²) in [5.41, 5.74) is 0.0584. The van der Waals surface area contributed by atoms with Crippen molar-refractivity contribution in [2.75, 3.05) is 19.8 Å². The van der Waals surface area contributed by atoms with E-state index in [1.54, 1.807) is 13.0 Å². The van der Waals surface area contributed by atoms with Crippen LogP contribution >= 0.6 is 0 Å². The van der Waals surface area contributed by atoms with Gasteiger partial charge < -0.3 is 14.7 Å². The summed E-state index contributed by atoms with van der Waals surface area (Å²) in [4.78, 5) is 11.3. The highest BCUT2D eigenvalue weighted by Crippen LogP contribution is 2.09. The van der Waals surface area contributed by atoms with Crippen molar-refractivity contribution in [1.82, 2.24) is 0 Å². The van der Waals surface area contributed by atoms with E-state index in [9.17, 15) is 4.79 Å². The molecule has 0 aromatic carbocycles. The minimum absolute atomic E-state index is 0.0584. The molecule has 0 amide bonds. The van der Waals surface area contributed by atoms with Gasteiger partial charge in [0.05, 0.1) is 13.2 Å². The molecule has 5 nitrogen and oxygen atoms in total. The largest absolute Gasteiger partial charge is 0.461 e. The fourth-order valence-corrected chi connectivity index (χ4v) is 1.26. The van der Waals surface area contributed by atoms with Crippen LogP contribution in [0.3, 0.4) is 0 Å². The first-order chi connectivity index (χ1) is 8.15. The Morgan fingerprint density at radius 1 is 1.59 bits per heavy atom. The minimum atomic E-state index is -0.561. The van der Waals surface area contributed by atoms with Gasteiger partial charge in [0.15, 0.2) is 5.71 Å². The lowest BCUT2D eigenvalue weighted by Gasteiger charge is -2.11. The molecule has 0 spiro atoms. The van der Waals surface area contributed by atoms with Gasteiger partial charge in [0.1, 0.15) is 0 Å². The predicted molar refractivity (Wildman–Crippen MR) is 65.3 cm³/mol. The van der Waals surface area contributed by atoms with Gasteiger partial charge in [-0.15, -0.1) is 6.58 Å². The van der Waals surface area contributed by atoms with Gasteiger partial charge in [-0.05, 0) is 19.3 Å². The summed E-state index contributed by atoms with van der Waals surface area (Å²) in [7, 11) is 0. The average Bonchev–Trinajstić information content (AvgIpc) is 2.32. The molecule has 0 aromatic rings. The lowest BCUT2D eigenvalue weighted by molar-refractivity contribution is -0.135. The Labute approximate surface area is 102 Å². The number of carbonyl (C=O) groups is 1. The van der Waals surface area contributed by atoms with Gasteiger partial charge in [-0.25, -0.2) is 4.79 Å². The zero-order valence-electron chi connectivity index (χ0n) is 10.5. The van der Waals surface area contributed by atoms with E-state index in [0.29, 0.717) is 19.6 Å². The normalized spacial score (nSPS) is 13.2. The van der Waals surface area contributed by atoms with Crippen LogP contribution < -0.4 is 0 Å². The zero-order valence-corrected chi connectivity index (χ0v) is 10.5. The van der Waals surface area contributed by atoms with Crippen LogP contribution in [0.5, 0.6) is 0 Å². The molecule has 98 valence electrons. The summed E-state index contributed by atoms with van der Waals surface area (Å²) in [5, 5.41) is 11.7. The molecule has 0 heterocycles. The van der Waals surface area contributed by atoms with Crippen LogP contribution in [0, 0.1) is 5.92 Å².